The Morgan fingerprint density at radius 2 is 1.97 bits per heavy atom. The molecule has 194 valence electrons. The summed E-state index contributed by atoms with van der Waals surface area (Å²) in [5.41, 5.74) is 0.414. The van der Waals surface area contributed by atoms with Gasteiger partial charge in [0.25, 0.3) is 0 Å². The van der Waals surface area contributed by atoms with Crippen molar-refractivity contribution in [3.05, 3.63) is 36.8 Å². The highest BCUT2D eigenvalue weighted by atomic mass is 31.2. The highest BCUT2D eigenvalue weighted by Gasteiger charge is 2.44. The molecule has 0 bridgehead atoms. The molecular weight excluding hydrogens is 493 g/mol. The minimum Gasteiger partial charge on any atom is -0.423 e. The van der Waals surface area contributed by atoms with Gasteiger partial charge in [0.05, 0.1) is 18.2 Å². The number of anilines is 1. The smallest absolute Gasteiger partial charge is 0.350 e. The third kappa shape index (κ3) is 5.52. The maximum Gasteiger partial charge on any atom is 0.350 e. The number of ether oxygens (including phenoxy) is 3. The van der Waals surface area contributed by atoms with Crippen LogP contribution in [0.4, 0.5) is 5.82 Å². The Morgan fingerprint density at radius 3 is 2.69 bits per heavy atom. The number of pyridine rings is 1. The third-order valence-electron chi connectivity index (χ3n) is 6.24. The normalized spacial score (nSPS) is 25.0. The second-order valence-corrected chi connectivity index (χ2v) is 10.5. The van der Waals surface area contributed by atoms with Crippen molar-refractivity contribution in [3.8, 4) is 11.8 Å². The Bertz CT molecular complexity index is 1230. The van der Waals surface area contributed by atoms with Gasteiger partial charge in [-0.05, 0) is 31.0 Å². The van der Waals surface area contributed by atoms with Crippen molar-refractivity contribution in [2.75, 3.05) is 18.3 Å². The van der Waals surface area contributed by atoms with Gasteiger partial charge in [0.15, 0.2) is 11.9 Å². The van der Waals surface area contributed by atoms with E-state index in [0.717, 1.165) is 25.7 Å². The molecular formula is C22H28N5O8P. The van der Waals surface area contributed by atoms with Gasteiger partial charge in [-0.25, -0.2) is 0 Å². The second kappa shape index (κ2) is 10.4. The summed E-state index contributed by atoms with van der Waals surface area (Å²) in [6.07, 6.45) is 3.64. The van der Waals surface area contributed by atoms with Gasteiger partial charge >= 0.3 is 13.6 Å². The maximum absolute atomic E-state index is 11.0. The van der Waals surface area contributed by atoms with Crippen LogP contribution in [0.15, 0.2) is 36.8 Å². The number of aliphatic hydroxyl groups is 2. The molecule has 1 aliphatic carbocycles. The minimum absolute atomic E-state index is 0.0745. The molecule has 14 heteroatoms. The average molecular weight is 521 g/mol. The molecule has 0 unspecified atom stereocenters. The summed E-state index contributed by atoms with van der Waals surface area (Å²) >= 11 is 0. The molecule has 0 aromatic carbocycles. The van der Waals surface area contributed by atoms with Gasteiger partial charge in [0.1, 0.15) is 36.2 Å². The Morgan fingerprint density at radius 1 is 1.17 bits per heavy atom. The van der Waals surface area contributed by atoms with Crippen LogP contribution in [-0.2, 0) is 14.0 Å². The highest BCUT2D eigenvalue weighted by molar-refractivity contribution is 7.51. The van der Waals surface area contributed by atoms with Gasteiger partial charge in [-0.15, -0.1) is 0 Å². The number of aromatic nitrogens is 4. The van der Waals surface area contributed by atoms with E-state index >= 15 is 0 Å². The molecule has 36 heavy (non-hydrogen) atoms. The van der Waals surface area contributed by atoms with Crippen molar-refractivity contribution in [2.45, 2.75) is 56.3 Å². The lowest BCUT2D eigenvalue weighted by Crippen LogP contribution is -2.33. The van der Waals surface area contributed by atoms with Crippen LogP contribution in [0, 0.1) is 0 Å². The minimum atomic E-state index is -4.38. The lowest BCUT2D eigenvalue weighted by Gasteiger charge is -2.19. The van der Waals surface area contributed by atoms with Crippen molar-refractivity contribution >= 4 is 24.4 Å². The van der Waals surface area contributed by atoms with Gasteiger partial charge in [0.2, 0.25) is 0 Å². The maximum atomic E-state index is 11.0. The summed E-state index contributed by atoms with van der Waals surface area (Å²) in [6, 6.07) is 5.59. The molecule has 13 nitrogen and oxygen atoms in total. The summed E-state index contributed by atoms with van der Waals surface area (Å²) in [7, 11) is -4.38. The van der Waals surface area contributed by atoms with E-state index in [2.05, 4.69) is 20.3 Å². The van der Waals surface area contributed by atoms with E-state index in [1.807, 2.05) is 0 Å². The first-order valence-corrected chi connectivity index (χ1v) is 13.5. The molecule has 5 rings (SSSR count). The second-order valence-electron chi connectivity index (χ2n) is 8.94. The molecule has 5 N–H and O–H groups in total. The van der Waals surface area contributed by atoms with Gasteiger partial charge in [-0.3, -0.25) is 9.55 Å². The number of aliphatic hydroxyl groups excluding tert-OH is 2. The standard InChI is InChI=1S/C22H28N5O8P/c28-17-16(11-33-12-36(30,31)32)35-21(18(17)29)27-9-7-15-19(24-13-4-1-2-5-13)25-22(26-20(15)27)34-14-6-3-8-23-10-14/h3,6-10,13,16-18,21,28-29H,1-2,4-5,11-12H2,(H,24,25,26)(H2,30,31,32)/t16-,17-,18-,21-/m1/s1. The molecule has 0 radical (unpaired) electrons. The SMILES string of the molecule is O=P(O)(O)COC[C@H]1O[C@@H](n2ccc3c(NC4CCCC4)nc(Oc4cccnc4)nc32)[C@H](O)[C@@H]1O. The van der Waals surface area contributed by atoms with Crippen LogP contribution in [0.3, 0.4) is 0 Å². The van der Waals surface area contributed by atoms with E-state index in [9.17, 15) is 14.8 Å². The van der Waals surface area contributed by atoms with Crippen molar-refractivity contribution in [3.63, 3.8) is 0 Å². The van der Waals surface area contributed by atoms with Gasteiger partial charge in [-0.2, -0.15) is 9.97 Å². The molecule has 2 aliphatic rings. The lowest BCUT2D eigenvalue weighted by atomic mass is 10.1. The van der Waals surface area contributed by atoms with Crippen molar-refractivity contribution in [2.24, 2.45) is 0 Å². The number of nitrogens with zero attached hydrogens (tertiary/aromatic N) is 4. The summed E-state index contributed by atoms with van der Waals surface area (Å²) in [4.78, 5) is 31.1. The first-order chi connectivity index (χ1) is 17.3. The van der Waals surface area contributed by atoms with E-state index in [0.29, 0.717) is 22.6 Å². The average Bonchev–Trinajstić information content (AvgIpc) is 3.56. The van der Waals surface area contributed by atoms with E-state index in [1.165, 1.54) is 0 Å². The fourth-order valence-corrected chi connectivity index (χ4v) is 4.88. The molecule has 3 aromatic heterocycles. The molecule has 4 atom stereocenters. The van der Waals surface area contributed by atoms with E-state index in [4.69, 9.17) is 24.0 Å². The molecule has 3 aromatic rings. The highest BCUT2D eigenvalue weighted by Crippen LogP contribution is 2.37. The quantitative estimate of drug-likeness (QED) is 0.258. The van der Waals surface area contributed by atoms with Crippen LogP contribution in [0.25, 0.3) is 11.0 Å². The molecule has 1 aliphatic heterocycles. The number of hydrogen-bond acceptors (Lipinski definition) is 10. The number of fused-ring (bicyclic) bond motifs is 1. The Labute approximate surface area is 206 Å². The van der Waals surface area contributed by atoms with E-state index in [1.54, 1.807) is 41.4 Å². The molecule has 4 heterocycles. The van der Waals surface area contributed by atoms with Gasteiger partial charge in [0, 0.05) is 18.4 Å². The van der Waals surface area contributed by atoms with Crippen molar-refractivity contribution in [1.82, 2.24) is 19.5 Å². The molecule has 2 fully saturated rings. The topological polar surface area (TPSA) is 181 Å². The number of hydrogen-bond donors (Lipinski definition) is 5. The summed E-state index contributed by atoms with van der Waals surface area (Å²) in [6.45, 7) is -0.308. The van der Waals surface area contributed by atoms with Crippen LogP contribution in [-0.4, -0.2) is 76.8 Å². The Kier molecular flexibility index (Phi) is 7.22. The zero-order valence-corrected chi connectivity index (χ0v) is 20.1. The summed E-state index contributed by atoms with van der Waals surface area (Å²) in [5.74, 6) is 1.04. The predicted octanol–water partition coefficient (Wildman–Crippen LogP) is 1.74. The van der Waals surface area contributed by atoms with Crippen molar-refractivity contribution in [1.29, 1.82) is 0 Å². The van der Waals surface area contributed by atoms with Gasteiger partial charge in [-0.1, -0.05) is 12.8 Å². The molecule has 1 saturated heterocycles. The first kappa shape index (κ1) is 25.0. The monoisotopic (exact) mass is 521 g/mol. The molecule has 0 spiro atoms. The summed E-state index contributed by atoms with van der Waals surface area (Å²) in [5, 5.41) is 25.4. The molecule has 1 saturated carbocycles. The fourth-order valence-electron chi connectivity index (χ4n) is 4.54. The first-order valence-electron chi connectivity index (χ1n) is 11.7. The number of nitrogens with one attached hydrogen (secondary N) is 1. The van der Waals surface area contributed by atoms with Gasteiger partial charge < -0.3 is 44.1 Å². The molecule has 0 amide bonds. The van der Waals surface area contributed by atoms with E-state index < -0.39 is 38.5 Å². The Hall–Kier alpha value is -2.64. The van der Waals surface area contributed by atoms with E-state index in [-0.39, 0.29) is 18.7 Å². The van der Waals surface area contributed by atoms with Crippen LogP contribution >= 0.6 is 7.60 Å². The fraction of sp³-hybridized carbons (Fsp3) is 0.500. The van der Waals surface area contributed by atoms with Crippen LogP contribution in [0.5, 0.6) is 11.8 Å². The van der Waals surface area contributed by atoms with Crippen LogP contribution < -0.4 is 10.1 Å². The predicted molar refractivity (Wildman–Crippen MR) is 127 cm³/mol. The van der Waals surface area contributed by atoms with Crippen LogP contribution in [0.1, 0.15) is 31.9 Å². The lowest BCUT2D eigenvalue weighted by molar-refractivity contribution is -0.0611. The third-order valence-corrected chi connectivity index (χ3v) is 6.76. The largest absolute Gasteiger partial charge is 0.423 e. The summed E-state index contributed by atoms with van der Waals surface area (Å²) < 4.78 is 29.3. The van der Waals surface area contributed by atoms with Crippen molar-refractivity contribution < 1.29 is 38.8 Å². The Balaban J connectivity index is 1.44. The zero-order valence-electron chi connectivity index (χ0n) is 19.3. The number of rotatable bonds is 9. The zero-order chi connectivity index (χ0) is 25.3. The van der Waals surface area contributed by atoms with Crippen LogP contribution in [0.2, 0.25) is 0 Å².